The van der Waals surface area contributed by atoms with Gasteiger partial charge in [0.2, 0.25) is 5.91 Å². The molecule has 5 heteroatoms. The summed E-state index contributed by atoms with van der Waals surface area (Å²) in [5.74, 6) is -0.256. The van der Waals surface area contributed by atoms with Gasteiger partial charge < -0.3 is 9.47 Å². The van der Waals surface area contributed by atoms with E-state index in [1.54, 1.807) is 0 Å². The largest absolute Gasteiger partial charge is 0.447 e. The minimum absolute atomic E-state index is 0.199. The SMILES string of the molecule is CC(C)C[C@H](COCc1ccccc1)C(=O)N1C(=O)OC[C@@H]1Cc1ccccc1. The molecule has 1 fully saturated rings. The Morgan fingerprint density at radius 3 is 2.31 bits per heavy atom. The Morgan fingerprint density at radius 1 is 1.07 bits per heavy atom. The van der Waals surface area contributed by atoms with E-state index in [-0.39, 0.29) is 31.1 Å². The molecule has 0 aromatic heterocycles. The molecule has 2 aromatic rings. The number of rotatable bonds is 9. The first-order chi connectivity index (χ1) is 14.0. The topological polar surface area (TPSA) is 55.8 Å². The Hall–Kier alpha value is -2.66. The van der Waals surface area contributed by atoms with Crippen molar-refractivity contribution in [3.05, 3.63) is 71.8 Å². The molecule has 0 radical (unpaired) electrons. The lowest BCUT2D eigenvalue weighted by molar-refractivity contribution is -0.136. The molecule has 2 aromatic carbocycles. The molecule has 0 N–H and O–H groups in total. The Balaban J connectivity index is 1.66. The van der Waals surface area contributed by atoms with Crippen LogP contribution in [0.25, 0.3) is 0 Å². The summed E-state index contributed by atoms with van der Waals surface area (Å²) < 4.78 is 11.1. The lowest BCUT2D eigenvalue weighted by Gasteiger charge is -2.26. The van der Waals surface area contributed by atoms with Crippen LogP contribution in [-0.2, 0) is 27.3 Å². The molecule has 2 atom stereocenters. The van der Waals surface area contributed by atoms with E-state index in [4.69, 9.17) is 9.47 Å². The monoisotopic (exact) mass is 395 g/mol. The van der Waals surface area contributed by atoms with E-state index in [1.165, 1.54) is 4.90 Å². The maximum Gasteiger partial charge on any atom is 0.416 e. The van der Waals surface area contributed by atoms with Crippen LogP contribution in [-0.4, -0.2) is 36.2 Å². The van der Waals surface area contributed by atoms with Crippen molar-refractivity contribution in [2.45, 2.75) is 39.3 Å². The summed E-state index contributed by atoms with van der Waals surface area (Å²) in [6.45, 7) is 5.11. The third kappa shape index (κ3) is 5.91. The van der Waals surface area contributed by atoms with Crippen molar-refractivity contribution < 1.29 is 19.1 Å². The van der Waals surface area contributed by atoms with Crippen LogP contribution in [0.5, 0.6) is 0 Å². The summed E-state index contributed by atoms with van der Waals surface area (Å²) in [5.41, 5.74) is 2.14. The fourth-order valence-corrected chi connectivity index (χ4v) is 3.67. The second-order valence-corrected chi connectivity index (χ2v) is 7.96. The van der Waals surface area contributed by atoms with Crippen molar-refractivity contribution in [1.82, 2.24) is 4.90 Å². The molecule has 2 amide bonds. The van der Waals surface area contributed by atoms with Crippen LogP contribution in [0, 0.1) is 11.8 Å². The first-order valence-corrected chi connectivity index (χ1v) is 10.2. The molecule has 1 aliphatic rings. The van der Waals surface area contributed by atoms with Crippen LogP contribution in [0.2, 0.25) is 0 Å². The number of hydrogen-bond donors (Lipinski definition) is 0. The van der Waals surface area contributed by atoms with E-state index in [0.29, 0.717) is 25.4 Å². The molecular formula is C24H29NO4. The number of benzene rings is 2. The van der Waals surface area contributed by atoms with Gasteiger partial charge in [-0.3, -0.25) is 4.79 Å². The molecule has 3 rings (SSSR count). The first kappa shape index (κ1) is 21.1. The van der Waals surface area contributed by atoms with Gasteiger partial charge in [0.15, 0.2) is 0 Å². The van der Waals surface area contributed by atoms with Crippen LogP contribution in [0.3, 0.4) is 0 Å². The maximum absolute atomic E-state index is 13.3. The van der Waals surface area contributed by atoms with Gasteiger partial charge >= 0.3 is 6.09 Å². The van der Waals surface area contributed by atoms with Gasteiger partial charge in [-0.25, -0.2) is 9.69 Å². The zero-order valence-electron chi connectivity index (χ0n) is 17.1. The summed E-state index contributed by atoms with van der Waals surface area (Å²) in [5, 5.41) is 0. The number of ether oxygens (including phenoxy) is 2. The Morgan fingerprint density at radius 2 is 1.69 bits per heavy atom. The highest BCUT2D eigenvalue weighted by Gasteiger charge is 2.40. The van der Waals surface area contributed by atoms with Crippen molar-refractivity contribution >= 4 is 12.0 Å². The standard InChI is InChI=1S/C24H29NO4/c1-18(2)13-21(16-28-15-20-11-7-4-8-12-20)23(26)25-22(17-29-24(25)27)14-19-9-5-3-6-10-19/h3-12,18,21-22H,13-17H2,1-2H3/t21-,22+/m1/s1. The van der Waals surface area contributed by atoms with Crippen molar-refractivity contribution in [2.75, 3.05) is 13.2 Å². The molecule has 5 nitrogen and oxygen atoms in total. The van der Waals surface area contributed by atoms with Gasteiger partial charge in [-0.1, -0.05) is 74.5 Å². The van der Waals surface area contributed by atoms with Gasteiger partial charge in [0.1, 0.15) is 6.61 Å². The summed E-state index contributed by atoms with van der Waals surface area (Å²) in [6.07, 6.45) is 0.709. The average Bonchev–Trinajstić information content (AvgIpc) is 3.08. The minimum Gasteiger partial charge on any atom is -0.447 e. The fraction of sp³-hybridized carbons (Fsp3) is 0.417. The number of hydrogen-bond acceptors (Lipinski definition) is 4. The first-order valence-electron chi connectivity index (χ1n) is 10.2. The van der Waals surface area contributed by atoms with Crippen molar-refractivity contribution in [2.24, 2.45) is 11.8 Å². The van der Waals surface area contributed by atoms with Gasteiger partial charge in [0.05, 0.1) is 25.2 Å². The van der Waals surface area contributed by atoms with E-state index in [0.717, 1.165) is 11.1 Å². The van der Waals surface area contributed by atoms with E-state index < -0.39 is 6.09 Å². The van der Waals surface area contributed by atoms with E-state index >= 15 is 0 Å². The summed E-state index contributed by atoms with van der Waals surface area (Å²) in [7, 11) is 0. The predicted molar refractivity (Wildman–Crippen MR) is 111 cm³/mol. The molecule has 154 valence electrons. The van der Waals surface area contributed by atoms with Gasteiger partial charge in [-0.15, -0.1) is 0 Å². The van der Waals surface area contributed by atoms with E-state index in [9.17, 15) is 9.59 Å². The lowest BCUT2D eigenvalue weighted by atomic mass is 9.95. The highest BCUT2D eigenvalue weighted by molar-refractivity contribution is 5.94. The Bertz CT molecular complexity index is 791. The van der Waals surface area contributed by atoms with Crippen LogP contribution in [0.1, 0.15) is 31.4 Å². The third-order valence-corrected chi connectivity index (χ3v) is 5.05. The molecule has 0 saturated carbocycles. The lowest BCUT2D eigenvalue weighted by Crippen LogP contribution is -2.45. The predicted octanol–water partition coefficient (Wildman–Crippen LogP) is 4.46. The molecular weight excluding hydrogens is 366 g/mol. The molecule has 0 aliphatic carbocycles. The Labute approximate surface area is 172 Å². The average molecular weight is 395 g/mol. The number of cyclic esters (lactones) is 1. The minimum atomic E-state index is -0.548. The Kier molecular flexibility index (Phi) is 7.42. The van der Waals surface area contributed by atoms with Crippen LogP contribution >= 0.6 is 0 Å². The molecule has 29 heavy (non-hydrogen) atoms. The molecule has 0 unspecified atom stereocenters. The van der Waals surface area contributed by atoms with E-state index in [1.807, 2.05) is 60.7 Å². The number of carbonyl (C=O) groups excluding carboxylic acids is 2. The van der Waals surface area contributed by atoms with Crippen LogP contribution in [0.15, 0.2) is 60.7 Å². The normalized spacial score (nSPS) is 17.4. The van der Waals surface area contributed by atoms with Crippen molar-refractivity contribution in [1.29, 1.82) is 0 Å². The number of nitrogens with zero attached hydrogens (tertiary/aromatic N) is 1. The zero-order valence-corrected chi connectivity index (χ0v) is 17.1. The van der Waals surface area contributed by atoms with Crippen LogP contribution < -0.4 is 0 Å². The summed E-state index contributed by atoms with van der Waals surface area (Å²) in [4.78, 5) is 26.9. The fourth-order valence-electron chi connectivity index (χ4n) is 3.67. The second-order valence-electron chi connectivity index (χ2n) is 7.96. The molecule has 0 bridgehead atoms. The van der Waals surface area contributed by atoms with Crippen LogP contribution in [0.4, 0.5) is 4.79 Å². The number of imide groups is 1. The summed E-state index contributed by atoms with van der Waals surface area (Å²) in [6, 6.07) is 19.5. The van der Waals surface area contributed by atoms with Crippen molar-refractivity contribution in [3.8, 4) is 0 Å². The molecule has 1 saturated heterocycles. The smallest absolute Gasteiger partial charge is 0.416 e. The quantitative estimate of drug-likeness (QED) is 0.629. The maximum atomic E-state index is 13.3. The number of amides is 2. The van der Waals surface area contributed by atoms with Gasteiger partial charge in [0.25, 0.3) is 0 Å². The zero-order chi connectivity index (χ0) is 20.6. The number of carbonyl (C=O) groups is 2. The van der Waals surface area contributed by atoms with Gasteiger partial charge in [0, 0.05) is 0 Å². The second kappa shape index (κ2) is 10.2. The van der Waals surface area contributed by atoms with E-state index in [2.05, 4.69) is 13.8 Å². The third-order valence-electron chi connectivity index (χ3n) is 5.05. The van der Waals surface area contributed by atoms with Gasteiger partial charge in [-0.2, -0.15) is 0 Å². The van der Waals surface area contributed by atoms with Crippen molar-refractivity contribution in [3.63, 3.8) is 0 Å². The molecule has 1 heterocycles. The molecule has 1 aliphatic heterocycles. The van der Waals surface area contributed by atoms with Gasteiger partial charge in [-0.05, 0) is 29.9 Å². The highest BCUT2D eigenvalue weighted by atomic mass is 16.6. The summed E-state index contributed by atoms with van der Waals surface area (Å²) >= 11 is 0. The highest BCUT2D eigenvalue weighted by Crippen LogP contribution is 2.23. The molecule has 0 spiro atoms.